The lowest BCUT2D eigenvalue weighted by Gasteiger charge is -2.09. The van der Waals surface area contributed by atoms with Gasteiger partial charge in [0, 0.05) is 17.2 Å². The summed E-state index contributed by atoms with van der Waals surface area (Å²) in [5, 5.41) is 11.1. The van der Waals surface area contributed by atoms with Crippen LogP contribution >= 0.6 is 31.9 Å². The molecule has 0 radical (unpaired) electrons. The summed E-state index contributed by atoms with van der Waals surface area (Å²) >= 11 is 6.88. The maximum atomic E-state index is 12.3. The highest BCUT2D eigenvalue weighted by Gasteiger charge is 2.27. The molecule has 1 aliphatic rings. The number of hydrogen-bond acceptors (Lipinski definition) is 6. The Labute approximate surface area is 183 Å². The molecule has 0 saturated heterocycles. The molecule has 1 aliphatic heterocycles. The van der Waals surface area contributed by atoms with Crippen molar-refractivity contribution in [3.8, 4) is 5.75 Å². The fourth-order valence-electron chi connectivity index (χ4n) is 2.68. The average molecular weight is 522 g/mol. The Balaban J connectivity index is 1.97. The van der Waals surface area contributed by atoms with Gasteiger partial charge in [-0.25, -0.2) is 9.79 Å². The molecule has 1 heterocycles. The minimum atomic E-state index is -0.634. The van der Waals surface area contributed by atoms with Crippen molar-refractivity contribution in [2.24, 2.45) is 4.99 Å². The molecule has 0 N–H and O–H groups in total. The summed E-state index contributed by atoms with van der Waals surface area (Å²) in [5.74, 6) is 0.00844. The summed E-state index contributed by atoms with van der Waals surface area (Å²) in [7, 11) is 0. The number of nitro groups is 1. The van der Waals surface area contributed by atoms with E-state index in [2.05, 4.69) is 43.4 Å². The van der Waals surface area contributed by atoms with Crippen LogP contribution in [0.1, 0.15) is 16.7 Å². The summed E-state index contributed by atoms with van der Waals surface area (Å²) in [5.41, 5.74) is 1.47. The minimum absolute atomic E-state index is 0.0338. The van der Waals surface area contributed by atoms with E-state index in [1.807, 2.05) is 0 Å². The van der Waals surface area contributed by atoms with Crippen LogP contribution in [0.25, 0.3) is 6.08 Å². The van der Waals surface area contributed by atoms with Gasteiger partial charge < -0.3 is 9.47 Å². The summed E-state index contributed by atoms with van der Waals surface area (Å²) in [4.78, 5) is 27.2. The number of nitrogens with zero attached hydrogens (tertiary/aromatic N) is 2. The smallest absolute Gasteiger partial charge is 0.363 e. The molecule has 0 saturated carbocycles. The quantitative estimate of drug-likeness (QED) is 0.168. The molecule has 7 nitrogen and oxygen atoms in total. The van der Waals surface area contributed by atoms with Crippen molar-refractivity contribution >= 4 is 55.5 Å². The fraction of sp³-hybridized carbons (Fsp3) is 0.100. The Morgan fingerprint density at radius 1 is 1.31 bits per heavy atom. The predicted octanol–water partition coefficient (Wildman–Crippen LogP) is 5.34. The molecule has 2 aromatic rings. The number of cyclic esters (lactones) is 1. The van der Waals surface area contributed by atoms with Crippen LogP contribution < -0.4 is 4.74 Å². The molecule has 0 spiro atoms. The molecule has 2 aromatic carbocycles. The van der Waals surface area contributed by atoms with Crippen molar-refractivity contribution in [2.75, 3.05) is 6.61 Å². The first-order valence-corrected chi connectivity index (χ1v) is 9.90. The zero-order valence-corrected chi connectivity index (χ0v) is 18.3. The van der Waals surface area contributed by atoms with E-state index in [0.29, 0.717) is 38.0 Å². The van der Waals surface area contributed by atoms with Gasteiger partial charge in [-0.3, -0.25) is 10.1 Å². The first-order chi connectivity index (χ1) is 13.8. The molecular formula is C20H14Br2N2O5. The second-order valence-corrected chi connectivity index (χ2v) is 7.66. The van der Waals surface area contributed by atoms with Crippen molar-refractivity contribution in [2.45, 2.75) is 6.92 Å². The first-order valence-electron chi connectivity index (χ1n) is 8.31. The number of rotatable bonds is 6. The number of nitro benzene ring substituents is 1. The van der Waals surface area contributed by atoms with Gasteiger partial charge in [0.1, 0.15) is 12.4 Å². The van der Waals surface area contributed by atoms with Gasteiger partial charge in [0.05, 0.1) is 13.9 Å². The Morgan fingerprint density at radius 2 is 2.00 bits per heavy atom. The number of benzene rings is 2. The van der Waals surface area contributed by atoms with E-state index < -0.39 is 10.9 Å². The Kier molecular flexibility index (Phi) is 6.29. The lowest BCUT2D eigenvalue weighted by atomic mass is 10.1. The van der Waals surface area contributed by atoms with Crippen LogP contribution in [0.3, 0.4) is 0 Å². The van der Waals surface area contributed by atoms with Crippen LogP contribution in [0, 0.1) is 17.0 Å². The predicted molar refractivity (Wildman–Crippen MR) is 116 cm³/mol. The second kappa shape index (κ2) is 8.71. The van der Waals surface area contributed by atoms with Gasteiger partial charge in [0.15, 0.2) is 5.70 Å². The third kappa shape index (κ3) is 4.46. The minimum Gasteiger partial charge on any atom is -0.487 e. The van der Waals surface area contributed by atoms with E-state index in [1.54, 1.807) is 37.3 Å². The number of aliphatic imine (C=N–C) groups is 1. The molecule has 0 atom stereocenters. The molecule has 0 amide bonds. The lowest BCUT2D eigenvalue weighted by molar-refractivity contribution is -0.385. The van der Waals surface area contributed by atoms with Gasteiger partial charge in [0.25, 0.3) is 5.69 Å². The van der Waals surface area contributed by atoms with E-state index in [9.17, 15) is 14.9 Å². The number of hydrogen-bond donors (Lipinski definition) is 0. The van der Waals surface area contributed by atoms with Crippen molar-refractivity contribution in [3.05, 3.63) is 84.4 Å². The van der Waals surface area contributed by atoms with Gasteiger partial charge in [-0.2, -0.15) is 0 Å². The third-order valence-electron chi connectivity index (χ3n) is 4.02. The Bertz CT molecular complexity index is 1070. The number of carbonyl (C=O) groups is 1. The molecule has 0 aliphatic carbocycles. The maximum Gasteiger partial charge on any atom is 0.363 e. The summed E-state index contributed by atoms with van der Waals surface area (Å²) in [6.45, 7) is 5.55. The van der Waals surface area contributed by atoms with Gasteiger partial charge in [-0.15, -0.1) is 0 Å². The highest BCUT2D eigenvalue weighted by atomic mass is 79.9. The number of halogens is 2. The monoisotopic (exact) mass is 520 g/mol. The molecule has 148 valence electrons. The Hall–Kier alpha value is -2.78. The second-order valence-electron chi connectivity index (χ2n) is 5.96. The molecule has 0 bridgehead atoms. The van der Waals surface area contributed by atoms with E-state index in [-0.39, 0.29) is 17.3 Å². The highest BCUT2D eigenvalue weighted by Crippen LogP contribution is 2.36. The number of carbonyl (C=O) groups excluding carboxylic acids is 1. The van der Waals surface area contributed by atoms with Crippen LogP contribution in [-0.2, 0) is 9.53 Å². The Morgan fingerprint density at radius 3 is 2.62 bits per heavy atom. The van der Waals surface area contributed by atoms with Gasteiger partial charge >= 0.3 is 5.97 Å². The first kappa shape index (κ1) is 20.9. The van der Waals surface area contributed by atoms with Crippen molar-refractivity contribution < 1.29 is 19.2 Å². The molecule has 3 rings (SSSR count). The van der Waals surface area contributed by atoms with Crippen LogP contribution in [0.15, 0.2) is 62.6 Å². The topological polar surface area (TPSA) is 91.0 Å². The molecule has 0 unspecified atom stereocenters. The van der Waals surface area contributed by atoms with E-state index in [4.69, 9.17) is 9.47 Å². The van der Waals surface area contributed by atoms with E-state index in [0.717, 1.165) is 0 Å². The van der Waals surface area contributed by atoms with Crippen molar-refractivity contribution in [1.82, 2.24) is 0 Å². The normalized spacial score (nSPS) is 14.5. The molecule has 29 heavy (non-hydrogen) atoms. The van der Waals surface area contributed by atoms with Crippen LogP contribution in [-0.4, -0.2) is 23.4 Å². The highest BCUT2D eigenvalue weighted by molar-refractivity contribution is 9.11. The van der Waals surface area contributed by atoms with E-state index >= 15 is 0 Å². The largest absolute Gasteiger partial charge is 0.487 e. The molecular weight excluding hydrogens is 508 g/mol. The fourth-order valence-corrected chi connectivity index (χ4v) is 4.13. The summed E-state index contributed by atoms with van der Waals surface area (Å²) < 4.78 is 12.2. The zero-order valence-electron chi connectivity index (χ0n) is 15.1. The molecule has 0 aromatic heterocycles. The average Bonchev–Trinajstić information content (AvgIpc) is 3.01. The number of esters is 1. The van der Waals surface area contributed by atoms with Gasteiger partial charge in [0.2, 0.25) is 5.90 Å². The summed E-state index contributed by atoms with van der Waals surface area (Å²) in [6.07, 6.45) is 3.20. The van der Waals surface area contributed by atoms with Crippen molar-refractivity contribution in [1.29, 1.82) is 0 Å². The van der Waals surface area contributed by atoms with Crippen LogP contribution in [0.2, 0.25) is 0 Å². The standard InChI is InChI=1S/C20H14Br2N2O5/c1-3-7-28-18-14(21)8-12(9-15(18)22)10-16-20(25)29-19(23-16)13-5-4-6-17(11(13)2)24(26)27/h3-6,8-10H,1,7H2,2H3/b16-10-. The van der Waals surface area contributed by atoms with Gasteiger partial charge in [-0.05, 0) is 68.6 Å². The van der Waals surface area contributed by atoms with Crippen LogP contribution in [0.4, 0.5) is 5.69 Å². The zero-order chi connectivity index (χ0) is 21.1. The van der Waals surface area contributed by atoms with E-state index in [1.165, 1.54) is 12.1 Å². The number of ether oxygens (including phenoxy) is 2. The SMILES string of the molecule is C=CCOc1c(Br)cc(/C=C2\N=C(c3cccc([N+](=O)[O-])c3C)OC2=O)cc1Br. The maximum absolute atomic E-state index is 12.3. The lowest BCUT2D eigenvalue weighted by Crippen LogP contribution is -2.08. The van der Waals surface area contributed by atoms with Crippen molar-refractivity contribution in [3.63, 3.8) is 0 Å². The van der Waals surface area contributed by atoms with Crippen LogP contribution in [0.5, 0.6) is 5.75 Å². The summed E-state index contributed by atoms with van der Waals surface area (Å²) in [6, 6.07) is 8.08. The molecule has 9 heteroatoms. The third-order valence-corrected chi connectivity index (χ3v) is 5.20. The molecule has 0 fully saturated rings. The van der Waals surface area contributed by atoms with Gasteiger partial charge in [-0.1, -0.05) is 18.7 Å².